The molecule has 1 N–H and O–H groups in total. The molecule has 3 aromatic carbocycles. The fourth-order valence-corrected chi connectivity index (χ4v) is 7.43. The average molecular weight is 640 g/mol. The van der Waals surface area contributed by atoms with Crippen molar-refractivity contribution in [2.45, 2.75) is 55.2 Å². The molecule has 1 aromatic heterocycles. The van der Waals surface area contributed by atoms with E-state index >= 15 is 0 Å². The molecular formula is C29H26BrF4NO4S. The van der Waals surface area contributed by atoms with E-state index in [-0.39, 0.29) is 28.3 Å². The lowest BCUT2D eigenvalue weighted by molar-refractivity contribution is -0.266. The van der Waals surface area contributed by atoms with Crippen LogP contribution in [0.2, 0.25) is 0 Å². The number of aliphatic hydroxyl groups is 1. The number of halogens is 5. The van der Waals surface area contributed by atoms with Crippen molar-refractivity contribution in [2.24, 2.45) is 0 Å². The molecule has 2 heterocycles. The van der Waals surface area contributed by atoms with Crippen molar-refractivity contribution in [3.05, 3.63) is 93.8 Å². The number of benzene rings is 3. The Hall–Kier alpha value is -2.89. The lowest BCUT2D eigenvalue weighted by Crippen LogP contribution is -2.51. The Morgan fingerprint density at radius 2 is 1.73 bits per heavy atom. The second-order valence-corrected chi connectivity index (χ2v) is 13.4. The zero-order valence-electron chi connectivity index (χ0n) is 21.6. The highest BCUT2D eigenvalue weighted by Crippen LogP contribution is 2.47. The Labute approximate surface area is 237 Å². The van der Waals surface area contributed by atoms with Crippen LogP contribution < -0.4 is 4.74 Å². The number of nitrogens with zero attached hydrogens (tertiary/aromatic N) is 1. The summed E-state index contributed by atoms with van der Waals surface area (Å²) in [6.45, 7) is 3.24. The van der Waals surface area contributed by atoms with Gasteiger partial charge in [0.1, 0.15) is 11.6 Å². The topological polar surface area (TPSA) is 68.5 Å². The molecule has 40 heavy (non-hydrogen) atoms. The third-order valence-electron chi connectivity index (χ3n) is 7.29. The van der Waals surface area contributed by atoms with E-state index in [2.05, 4.69) is 15.9 Å². The van der Waals surface area contributed by atoms with Gasteiger partial charge in [-0.05, 0) is 60.4 Å². The van der Waals surface area contributed by atoms with Crippen molar-refractivity contribution < 1.29 is 35.8 Å². The molecule has 11 heteroatoms. The van der Waals surface area contributed by atoms with E-state index in [0.29, 0.717) is 27.6 Å². The van der Waals surface area contributed by atoms with Crippen LogP contribution in [0.25, 0.3) is 10.9 Å². The van der Waals surface area contributed by atoms with Crippen LogP contribution in [0, 0.1) is 5.82 Å². The molecule has 4 aromatic rings. The standard InChI is InChI=1S/C29H26BrF4NO4S/c1-27(2,24-15-21(31)13-18-10-11-39-26(18)24)17-28(36,29(32,33)34)16-22-14-19-12-20(30)8-9-25(19)35(22)40(37,38)23-6-4-3-5-7-23/h3-9,12-15,36H,10-11,16-17H2,1-2H3. The second-order valence-electron chi connectivity index (χ2n) is 10.7. The smallest absolute Gasteiger partial charge is 0.417 e. The number of rotatable bonds is 7. The SMILES string of the molecule is CC(C)(CC(O)(Cc1cc2cc(Br)ccc2n1S(=O)(=O)c1ccccc1)C(F)(F)F)c1cc(F)cc2c1OCC2. The summed E-state index contributed by atoms with van der Waals surface area (Å²) in [5.74, 6) is -0.288. The molecule has 0 saturated carbocycles. The van der Waals surface area contributed by atoms with Crippen LogP contribution in [0.15, 0.2) is 76.1 Å². The molecule has 0 bridgehead atoms. The number of alkyl halides is 3. The highest BCUT2D eigenvalue weighted by atomic mass is 79.9. The fourth-order valence-electron chi connectivity index (χ4n) is 5.48. The molecule has 1 aliphatic rings. The van der Waals surface area contributed by atoms with Gasteiger partial charge in [-0.25, -0.2) is 16.8 Å². The van der Waals surface area contributed by atoms with Gasteiger partial charge in [0.2, 0.25) is 0 Å². The summed E-state index contributed by atoms with van der Waals surface area (Å²) >= 11 is 3.32. The van der Waals surface area contributed by atoms with E-state index in [1.807, 2.05) is 0 Å². The maximum atomic E-state index is 14.7. The minimum Gasteiger partial charge on any atom is -0.493 e. The molecule has 0 saturated heterocycles. The van der Waals surface area contributed by atoms with Crippen molar-refractivity contribution in [1.82, 2.24) is 3.97 Å². The minimum atomic E-state index is -5.15. The summed E-state index contributed by atoms with van der Waals surface area (Å²) in [5, 5.41) is 11.8. The highest BCUT2D eigenvalue weighted by Gasteiger charge is 2.57. The van der Waals surface area contributed by atoms with Gasteiger partial charge in [0.15, 0.2) is 5.60 Å². The predicted octanol–water partition coefficient (Wildman–Crippen LogP) is 6.92. The molecular weight excluding hydrogens is 614 g/mol. The van der Waals surface area contributed by atoms with Crippen LogP contribution >= 0.6 is 15.9 Å². The Balaban J connectivity index is 1.65. The summed E-state index contributed by atoms with van der Waals surface area (Å²) in [7, 11) is -4.34. The van der Waals surface area contributed by atoms with Gasteiger partial charge in [0, 0.05) is 39.5 Å². The van der Waals surface area contributed by atoms with Crippen molar-refractivity contribution in [3.8, 4) is 5.75 Å². The van der Waals surface area contributed by atoms with E-state index in [1.54, 1.807) is 18.2 Å². The summed E-state index contributed by atoms with van der Waals surface area (Å²) in [5.41, 5.74) is -4.08. The van der Waals surface area contributed by atoms with Crippen LogP contribution in [0.4, 0.5) is 17.6 Å². The molecule has 1 atom stereocenters. The van der Waals surface area contributed by atoms with Crippen LogP contribution in [-0.4, -0.2) is 35.9 Å². The largest absolute Gasteiger partial charge is 0.493 e. The molecule has 0 aliphatic carbocycles. The third-order valence-corrected chi connectivity index (χ3v) is 9.56. The number of hydrogen-bond donors (Lipinski definition) is 1. The summed E-state index contributed by atoms with van der Waals surface area (Å²) < 4.78 is 93.3. The van der Waals surface area contributed by atoms with Crippen LogP contribution in [0.3, 0.4) is 0 Å². The van der Waals surface area contributed by atoms with Gasteiger partial charge >= 0.3 is 6.18 Å². The van der Waals surface area contributed by atoms with Gasteiger partial charge in [-0.2, -0.15) is 13.2 Å². The van der Waals surface area contributed by atoms with E-state index in [9.17, 15) is 31.1 Å². The van der Waals surface area contributed by atoms with Crippen LogP contribution in [0.1, 0.15) is 37.1 Å². The molecule has 5 rings (SSSR count). The van der Waals surface area contributed by atoms with Gasteiger partial charge in [0.25, 0.3) is 10.0 Å². The Kier molecular flexibility index (Phi) is 7.07. The van der Waals surface area contributed by atoms with Crippen LogP contribution in [-0.2, 0) is 28.3 Å². The third kappa shape index (κ3) is 5.03. The van der Waals surface area contributed by atoms with E-state index in [1.165, 1.54) is 56.3 Å². The quantitative estimate of drug-likeness (QED) is 0.223. The molecule has 0 fully saturated rings. The first-order chi connectivity index (χ1) is 18.6. The van der Waals surface area contributed by atoms with Crippen molar-refractivity contribution >= 4 is 36.9 Å². The normalized spacial score (nSPS) is 15.6. The monoisotopic (exact) mass is 639 g/mol. The van der Waals surface area contributed by atoms with Gasteiger partial charge in [-0.15, -0.1) is 0 Å². The second kappa shape index (κ2) is 9.88. The van der Waals surface area contributed by atoms with Gasteiger partial charge < -0.3 is 9.84 Å². The summed E-state index contributed by atoms with van der Waals surface area (Å²) in [6.07, 6.45) is -6.66. The fraction of sp³-hybridized carbons (Fsp3) is 0.310. The maximum absolute atomic E-state index is 14.7. The van der Waals surface area contributed by atoms with E-state index < -0.39 is 45.9 Å². The Morgan fingerprint density at radius 1 is 1.02 bits per heavy atom. The first-order valence-electron chi connectivity index (χ1n) is 12.5. The minimum absolute atomic E-state index is 0.111. The van der Waals surface area contributed by atoms with Crippen molar-refractivity contribution in [2.75, 3.05) is 6.61 Å². The molecule has 212 valence electrons. The Bertz CT molecular complexity index is 1700. The first-order valence-corrected chi connectivity index (χ1v) is 14.7. The predicted molar refractivity (Wildman–Crippen MR) is 147 cm³/mol. The number of ether oxygens (including phenoxy) is 1. The molecule has 0 radical (unpaired) electrons. The average Bonchev–Trinajstić information content (AvgIpc) is 3.46. The maximum Gasteiger partial charge on any atom is 0.417 e. The van der Waals surface area contributed by atoms with Gasteiger partial charge in [0.05, 0.1) is 17.0 Å². The zero-order chi connectivity index (χ0) is 29.1. The van der Waals surface area contributed by atoms with E-state index in [0.717, 1.165) is 10.0 Å². The lowest BCUT2D eigenvalue weighted by Gasteiger charge is -2.38. The first kappa shape index (κ1) is 28.6. The van der Waals surface area contributed by atoms with Crippen LogP contribution in [0.5, 0.6) is 5.75 Å². The summed E-state index contributed by atoms with van der Waals surface area (Å²) in [4.78, 5) is -0.111. The van der Waals surface area contributed by atoms with Crippen molar-refractivity contribution in [3.63, 3.8) is 0 Å². The van der Waals surface area contributed by atoms with Gasteiger partial charge in [-0.1, -0.05) is 48.0 Å². The molecule has 1 aliphatic heterocycles. The van der Waals surface area contributed by atoms with Crippen molar-refractivity contribution in [1.29, 1.82) is 0 Å². The lowest BCUT2D eigenvalue weighted by atomic mass is 9.72. The molecule has 1 unspecified atom stereocenters. The molecule has 0 spiro atoms. The molecule has 5 nitrogen and oxygen atoms in total. The zero-order valence-corrected chi connectivity index (χ0v) is 24.0. The number of aromatic nitrogens is 1. The van der Waals surface area contributed by atoms with E-state index in [4.69, 9.17) is 4.74 Å². The van der Waals surface area contributed by atoms with Gasteiger partial charge in [-0.3, -0.25) is 0 Å². The molecule has 0 amide bonds. The number of fused-ring (bicyclic) bond motifs is 2. The number of hydrogen-bond acceptors (Lipinski definition) is 4. The highest BCUT2D eigenvalue weighted by molar-refractivity contribution is 9.10. The Morgan fingerprint density at radius 3 is 2.40 bits per heavy atom. The summed E-state index contributed by atoms with van der Waals surface area (Å²) in [6, 6.07) is 15.8.